The van der Waals surface area contributed by atoms with E-state index >= 15 is 0 Å². The molecule has 0 saturated carbocycles. The fourth-order valence-corrected chi connectivity index (χ4v) is 2.96. The largest absolute Gasteiger partial charge is 0.399 e. The standard InChI is InChI=1S/C14H24N2O3S/c1-11(2)6-8-19-9-7-16-20(17,18)14-5-4-13(15)10-12(14)3/h4-5,10-11,16H,6-9,15H2,1-3H3. The number of benzene rings is 1. The van der Waals surface area contributed by atoms with E-state index < -0.39 is 10.0 Å². The zero-order valence-corrected chi connectivity index (χ0v) is 13.2. The molecule has 0 aliphatic heterocycles. The number of sulfonamides is 1. The van der Waals surface area contributed by atoms with Crippen molar-refractivity contribution in [2.24, 2.45) is 5.92 Å². The van der Waals surface area contributed by atoms with Gasteiger partial charge in [0.15, 0.2) is 0 Å². The first-order valence-electron chi connectivity index (χ1n) is 6.76. The summed E-state index contributed by atoms with van der Waals surface area (Å²) >= 11 is 0. The normalized spacial score (nSPS) is 12.0. The molecular formula is C14H24N2O3S. The summed E-state index contributed by atoms with van der Waals surface area (Å²) in [5.74, 6) is 0.587. The van der Waals surface area contributed by atoms with Gasteiger partial charge in [0.05, 0.1) is 11.5 Å². The maximum absolute atomic E-state index is 12.1. The molecule has 0 radical (unpaired) electrons. The Hall–Kier alpha value is -1.11. The van der Waals surface area contributed by atoms with Crippen LogP contribution in [0.5, 0.6) is 0 Å². The minimum atomic E-state index is -3.50. The number of anilines is 1. The zero-order valence-electron chi connectivity index (χ0n) is 12.3. The lowest BCUT2D eigenvalue weighted by Crippen LogP contribution is -2.28. The van der Waals surface area contributed by atoms with Crippen LogP contribution in [0.3, 0.4) is 0 Å². The van der Waals surface area contributed by atoms with Gasteiger partial charge in [0.25, 0.3) is 0 Å². The third kappa shape index (κ3) is 5.48. The van der Waals surface area contributed by atoms with Crippen LogP contribution < -0.4 is 10.5 Å². The molecule has 114 valence electrons. The molecule has 6 heteroatoms. The molecule has 0 heterocycles. The average molecular weight is 300 g/mol. The molecule has 0 saturated heterocycles. The van der Waals surface area contributed by atoms with Gasteiger partial charge in [-0.05, 0) is 43.0 Å². The molecule has 5 nitrogen and oxygen atoms in total. The summed E-state index contributed by atoms with van der Waals surface area (Å²) in [4.78, 5) is 0.258. The van der Waals surface area contributed by atoms with Gasteiger partial charge >= 0.3 is 0 Å². The topological polar surface area (TPSA) is 81.4 Å². The maximum Gasteiger partial charge on any atom is 0.240 e. The lowest BCUT2D eigenvalue weighted by atomic mass is 10.1. The zero-order chi connectivity index (χ0) is 15.2. The van der Waals surface area contributed by atoms with E-state index in [1.54, 1.807) is 19.1 Å². The number of nitrogens with two attached hydrogens (primary N) is 1. The van der Waals surface area contributed by atoms with E-state index in [0.29, 0.717) is 30.4 Å². The Labute approximate surface area is 121 Å². The third-order valence-electron chi connectivity index (χ3n) is 2.87. The van der Waals surface area contributed by atoms with Gasteiger partial charge < -0.3 is 10.5 Å². The van der Waals surface area contributed by atoms with Crippen LogP contribution in [-0.4, -0.2) is 28.2 Å². The van der Waals surface area contributed by atoms with Gasteiger partial charge in [0, 0.05) is 18.8 Å². The van der Waals surface area contributed by atoms with Crippen molar-refractivity contribution in [1.82, 2.24) is 4.72 Å². The van der Waals surface area contributed by atoms with Crippen LogP contribution in [0.1, 0.15) is 25.8 Å². The number of hydrogen-bond acceptors (Lipinski definition) is 4. The van der Waals surface area contributed by atoms with Gasteiger partial charge in [-0.25, -0.2) is 13.1 Å². The van der Waals surface area contributed by atoms with Crippen LogP contribution in [0.25, 0.3) is 0 Å². The quantitative estimate of drug-likeness (QED) is 0.567. The minimum absolute atomic E-state index is 0.258. The van der Waals surface area contributed by atoms with E-state index in [1.165, 1.54) is 6.07 Å². The molecular weight excluding hydrogens is 276 g/mol. The van der Waals surface area contributed by atoms with Crippen LogP contribution >= 0.6 is 0 Å². The second-order valence-corrected chi connectivity index (χ2v) is 6.95. The highest BCUT2D eigenvalue weighted by molar-refractivity contribution is 7.89. The summed E-state index contributed by atoms with van der Waals surface area (Å²) in [6.45, 7) is 7.26. The van der Waals surface area contributed by atoms with Gasteiger partial charge in [0.2, 0.25) is 10.0 Å². The molecule has 1 aromatic carbocycles. The number of aryl methyl sites for hydroxylation is 1. The van der Waals surface area contributed by atoms with E-state index in [-0.39, 0.29) is 11.4 Å². The van der Waals surface area contributed by atoms with Crippen LogP contribution in [0.2, 0.25) is 0 Å². The molecule has 0 bridgehead atoms. The molecule has 1 rings (SSSR count). The summed E-state index contributed by atoms with van der Waals surface area (Å²) in [5, 5.41) is 0. The average Bonchev–Trinajstić information content (AvgIpc) is 2.32. The second-order valence-electron chi connectivity index (χ2n) is 5.22. The maximum atomic E-state index is 12.1. The predicted octanol–water partition coefficient (Wildman–Crippen LogP) is 1.92. The van der Waals surface area contributed by atoms with E-state index in [1.807, 2.05) is 0 Å². The van der Waals surface area contributed by atoms with Crippen LogP contribution in [0.15, 0.2) is 23.1 Å². The van der Waals surface area contributed by atoms with Crippen molar-refractivity contribution in [3.8, 4) is 0 Å². The second kappa shape index (κ2) is 7.61. The van der Waals surface area contributed by atoms with Gasteiger partial charge in [-0.2, -0.15) is 0 Å². The molecule has 0 fully saturated rings. The Kier molecular flexibility index (Phi) is 6.45. The Morgan fingerprint density at radius 2 is 2.00 bits per heavy atom. The van der Waals surface area contributed by atoms with E-state index in [9.17, 15) is 8.42 Å². The van der Waals surface area contributed by atoms with Gasteiger partial charge in [-0.1, -0.05) is 13.8 Å². The third-order valence-corrected chi connectivity index (χ3v) is 4.49. The first-order valence-corrected chi connectivity index (χ1v) is 8.25. The summed E-state index contributed by atoms with van der Waals surface area (Å²) in [5.41, 5.74) is 6.81. The van der Waals surface area contributed by atoms with Crippen molar-refractivity contribution >= 4 is 15.7 Å². The van der Waals surface area contributed by atoms with Gasteiger partial charge in [-0.15, -0.1) is 0 Å². The van der Waals surface area contributed by atoms with Crippen LogP contribution in [0.4, 0.5) is 5.69 Å². The molecule has 20 heavy (non-hydrogen) atoms. The molecule has 0 aliphatic carbocycles. The minimum Gasteiger partial charge on any atom is -0.399 e. The molecule has 0 atom stereocenters. The molecule has 0 aromatic heterocycles. The van der Waals surface area contributed by atoms with Crippen molar-refractivity contribution in [3.05, 3.63) is 23.8 Å². The predicted molar refractivity (Wildman–Crippen MR) is 81.1 cm³/mol. The smallest absolute Gasteiger partial charge is 0.240 e. The molecule has 0 aliphatic rings. The van der Waals surface area contributed by atoms with Crippen molar-refractivity contribution < 1.29 is 13.2 Å². The van der Waals surface area contributed by atoms with Gasteiger partial charge in [0.1, 0.15) is 0 Å². The van der Waals surface area contributed by atoms with Crippen LogP contribution in [-0.2, 0) is 14.8 Å². The number of hydrogen-bond donors (Lipinski definition) is 2. The first kappa shape index (κ1) is 16.9. The Morgan fingerprint density at radius 1 is 1.30 bits per heavy atom. The molecule has 0 spiro atoms. The number of nitrogens with one attached hydrogen (secondary N) is 1. The van der Waals surface area contributed by atoms with Crippen molar-refractivity contribution in [1.29, 1.82) is 0 Å². The number of ether oxygens (including phenoxy) is 1. The monoisotopic (exact) mass is 300 g/mol. The molecule has 0 unspecified atom stereocenters. The highest BCUT2D eigenvalue weighted by Gasteiger charge is 2.15. The molecule has 3 N–H and O–H groups in total. The first-order chi connectivity index (χ1) is 9.33. The fourth-order valence-electron chi connectivity index (χ4n) is 1.72. The number of nitrogen functional groups attached to an aromatic ring is 1. The van der Waals surface area contributed by atoms with Crippen LogP contribution in [0, 0.1) is 12.8 Å². The van der Waals surface area contributed by atoms with E-state index in [2.05, 4.69) is 18.6 Å². The van der Waals surface area contributed by atoms with E-state index in [0.717, 1.165) is 6.42 Å². The SMILES string of the molecule is Cc1cc(N)ccc1S(=O)(=O)NCCOCCC(C)C. The highest BCUT2D eigenvalue weighted by Crippen LogP contribution is 2.17. The molecule has 1 aromatic rings. The van der Waals surface area contributed by atoms with Gasteiger partial charge in [-0.3, -0.25) is 0 Å². The fraction of sp³-hybridized carbons (Fsp3) is 0.571. The lowest BCUT2D eigenvalue weighted by Gasteiger charge is -2.10. The lowest BCUT2D eigenvalue weighted by molar-refractivity contribution is 0.128. The van der Waals surface area contributed by atoms with Crippen molar-refractivity contribution in [3.63, 3.8) is 0 Å². The summed E-state index contributed by atoms with van der Waals surface area (Å²) in [6.07, 6.45) is 0.976. The Bertz CT molecular complexity index is 527. The summed E-state index contributed by atoms with van der Waals surface area (Å²) < 4.78 is 32.1. The van der Waals surface area contributed by atoms with Crippen molar-refractivity contribution in [2.75, 3.05) is 25.5 Å². The Balaban J connectivity index is 2.46. The van der Waals surface area contributed by atoms with Crippen molar-refractivity contribution in [2.45, 2.75) is 32.1 Å². The number of rotatable bonds is 8. The summed E-state index contributed by atoms with van der Waals surface area (Å²) in [6, 6.07) is 4.75. The summed E-state index contributed by atoms with van der Waals surface area (Å²) in [7, 11) is -3.50. The highest BCUT2D eigenvalue weighted by atomic mass is 32.2. The molecule has 0 amide bonds. The Morgan fingerprint density at radius 3 is 2.60 bits per heavy atom. The van der Waals surface area contributed by atoms with E-state index in [4.69, 9.17) is 10.5 Å².